The molecule has 0 aliphatic carbocycles. The molecular weight excluding hydrogens is 420 g/mol. The second kappa shape index (κ2) is 8.79. The van der Waals surface area contributed by atoms with Gasteiger partial charge in [-0.3, -0.25) is 14.5 Å². The van der Waals surface area contributed by atoms with Crippen LogP contribution in [-0.2, 0) is 9.59 Å². The van der Waals surface area contributed by atoms with Gasteiger partial charge < -0.3 is 10.2 Å². The lowest BCUT2D eigenvalue weighted by atomic mass is 9.98. The second-order valence-electron chi connectivity index (χ2n) is 7.24. The van der Waals surface area contributed by atoms with E-state index in [1.165, 1.54) is 24.6 Å². The number of amidine groups is 1. The van der Waals surface area contributed by atoms with Crippen LogP contribution in [0.5, 0.6) is 0 Å². The van der Waals surface area contributed by atoms with Crippen molar-refractivity contribution in [1.29, 1.82) is 0 Å². The third kappa shape index (κ3) is 3.85. The van der Waals surface area contributed by atoms with Crippen molar-refractivity contribution in [3.8, 4) is 0 Å². The zero-order valence-electron chi connectivity index (χ0n) is 16.8. The minimum absolute atomic E-state index is 0.109. The Morgan fingerprint density at radius 3 is 2.80 bits per heavy atom. The molecule has 1 fully saturated rings. The van der Waals surface area contributed by atoms with Gasteiger partial charge >= 0.3 is 0 Å². The number of hydrogen-bond donors (Lipinski definition) is 1. The number of aliphatic imine (C=N–C) groups is 1. The molecule has 30 heavy (non-hydrogen) atoms. The zero-order chi connectivity index (χ0) is 21.3. The standard InChI is InChI=1S/C22H23ClN4O2S/c1-3-17(23)25-20-14(2)19(28)18(21(29)24-10-13-26-11-6-7-12-26)22-27(20)15-8-4-5-9-16(15)30-22/h3-5,8-9H,2,6-7,10-13H2,1H3,(H,24,29)/b17-3-,25-20?. The number of halogens is 1. The number of nitrogens with zero attached hydrogens (tertiary/aromatic N) is 3. The number of carbonyl (C=O) groups excluding carboxylic acids is 2. The fraction of sp³-hybridized carbons (Fsp3) is 0.318. The van der Waals surface area contributed by atoms with E-state index in [9.17, 15) is 9.59 Å². The van der Waals surface area contributed by atoms with E-state index >= 15 is 0 Å². The van der Waals surface area contributed by atoms with Crippen molar-refractivity contribution in [2.45, 2.75) is 24.7 Å². The lowest BCUT2D eigenvalue weighted by Crippen LogP contribution is -2.43. The third-order valence-corrected chi connectivity index (χ3v) is 6.75. The second-order valence-corrected chi connectivity index (χ2v) is 8.66. The van der Waals surface area contributed by atoms with Gasteiger partial charge in [-0.05, 0) is 45.0 Å². The Morgan fingerprint density at radius 2 is 2.07 bits per heavy atom. The fourth-order valence-electron chi connectivity index (χ4n) is 3.75. The Balaban J connectivity index is 1.68. The molecule has 1 N–H and O–H groups in total. The Bertz CT molecular complexity index is 1010. The topological polar surface area (TPSA) is 65.0 Å². The van der Waals surface area contributed by atoms with Crippen LogP contribution in [0.1, 0.15) is 19.8 Å². The highest BCUT2D eigenvalue weighted by atomic mass is 35.5. The molecule has 156 valence electrons. The first-order valence-corrected chi connectivity index (χ1v) is 11.2. The molecule has 0 saturated carbocycles. The van der Waals surface area contributed by atoms with Crippen molar-refractivity contribution >= 4 is 46.6 Å². The van der Waals surface area contributed by atoms with Crippen molar-refractivity contribution in [2.75, 3.05) is 31.1 Å². The third-order valence-electron chi connectivity index (χ3n) is 5.30. The van der Waals surface area contributed by atoms with Gasteiger partial charge in [0.05, 0.1) is 11.3 Å². The Labute approximate surface area is 185 Å². The number of likely N-dealkylation sites (tertiary alicyclic amines) is 1. The van der Waals surface area contributed by atoms with Crippen LogP contribution in [-0.4, -0.2) is 48.6 Å². The molecule has 3 heterocycles. The monoisotopic (exact) mass is 442 g/mol. The summed E-state index contributed by atoms with van der Waals surface area (Å²) in [5, 5.41) is 3.72. The number of Topliss-reactive ketones (excluding diaryl/α,β-unsaturated/α-hetero) is 1. The average Bonchev–Trinajstić information content (AvgIpc) is 3.39. The number of para-hydroxylation sites is 1. The van der Waals surface area contributed by atoms with E-state index in [1.54, 1.807) is 13.0 Å². The number of rotatable bonds is 5. The highest BCUT2D eigenvalue weighted by Gasteiger charge is 2.43. The first-order valence-electron chi connectivity index (χ1n) is 9.97. The summed E-state index contributed by atoms with van der Waals surface area (Å²) in [7, 11) is 0. The number of allylic oxidation sites excluding steroid dienone is 1. The molecule has 0 bridgehead atoms. The van der Waals surface area contributed by atoms with Crippen molar-refractivity contribution < 1.29 is 9.59 Å². The Hall–Kier alpha value is -2.35. The van der Waals surface area contributed by atoms with E-state index in [0.717, 1.165) is 30.2 Å². The largest absolute Gasteiger partial charge is 0.351 e. The summed E-state index contributed by atoms with van der Waals surface area (Å²) in [6.07, 6.45) is 4.04. The smallest absolute Gasteiger partial charge is 0.258 e. The molecule has 0 radical (unpaired) electrons. The molecule has 1 amide bonds. The first kappa shape index (κ1) is 20.9. The van der Waals surface area contributed by atoms with Gasteiger partial charge in [-0.15, -0.1) is 0 Å². The lowest BCUT2D eigenvalue weighted by molar-refractivity contribution is -0.121. The summed E-state index contributed by atoms with van der Waals surface area (Å²) in [5.74, 6) is -0.444. The fourth-order valence-corrected chi connectivity index (χ4v) is 5.01. The zero-order valence-corrected chi connectivity index (χ0v) is 18.4. The SMILES string of the molecule is C=C1C(=O)C(C(=O)NCCN2CCCC2)=C2Sc3ccccc3N2C1=N/C(Cl)=C\C. The van der Waals surface area contributed by atoms with E-state index in [-0.39, 0.29) is 22.2 Å². The summed E-state index contributed by atoms with van der Waals surface area (Å²) in [6, 6.07) is 7.72. The summed E-state index contributed by atoms with van der Waals surface area (Å²) in [4.78, 5) is 35.7. The number of hydrogen-bond acceptors (Lipinski definition) is 5. The maximum Gasteiger partial charge on any atom is 0.258 e. The minimum Gasteiger partial charge on any atom is -0.351 e. The van der Waals surface area contributed by atoms with Gasteiger partial charge in [0.15, 0.2) is 0 Å². The molecule has 0 aromatic heterocycles. The van der Waals surface area contributed by atoms with E-state index < -0.39 is 5.78 Å². The molecule has 4 rings (SSSR count). The van der Waals surface area contributed by atoms with Crippen LogP contribution in [0.4, 0.5) is 5.69 Å². The van der Waals surface area contributed by atoms with Gasteiger partial charge in [0.25, 0.3) is 5.91 Å². The molecule has 3 aliphatic rings. The van der Waals surface area contributed by atoms with Crippen molar-refractivity contribution in [3.05, 3.63) is 58.3 Å². The van der Waals surface area contributed by atoms with Gasteiger partial charge in [0.2, 0.25) is 5.78 Å². The maximum atomic E-state index is 13.1. The van der Waals surface area contributed by atoms with Crippen LogP contribution in [0.25, 0.3) is 0 Å². The molecule has 0 spiro atoms. The van der Waals surface area contributed by atoms with Crippen LogP contribution < -0.4 is 10.2 Å². The van der Waals surface area contributed by atoms with E-state index in [2.05, 4.69) is 21.8 Å². The molecule has 6 nitrogen and oxygen atoms in total. The average molecular weight is 443 g/mol. The number of nitrogens with one attached hydrogen (secondary N) is 1. The van der Waals surface area contributed by atoms with Crippen molar-refractivity contribution in [3.63, 3.8) is 0 Å². The van der Waals surface area contributed by atoms with Gasteiger partial charge in [-0.1, -0.05) is 48.2 Å². The van der Waals surface area contributed by atoms with Crippen LogP contribution in [0, 0.1) is 0 Å². The first-order chi connectivity index (χ1) is 14.5. The van der Waals surface area contributed by atoms with Crippen LogP contribution >= 0.6 is 23.4 Å². The number of benzene rings is 1. The van der Waals surface area contributed by atoms with E-state index in [0.29, 0.717) is 17.4 Å². The normalized spacial score (nSPS) is 20.8. The molecule has 0 unspecified atom stereocenters. The summed E-state index contributed by atoms with van der Waals surface area (Å²) in [6.45, 7) is 9.10. The predicted octanol–water partition coefficient (Wildman–Crippen LogP) is 3.66. The van der Waals surface area contributed by atoms with Gasteiger partial charge in [0, 0.05) is 18.0 Å². The number of ketones is 1. The quantitative estimate of drug-likeness (QED) is 0.428. The van der Waals surface area contributed by atoms with Gasteiger partial charge in [0.1, 0.15) is 21.6 Å². The number of amides is 1. The number of carbonyl (C=O) groups is 2. The van der Waals surface area contributed by atoms with Crippen molar-refractivity contribution in [2.24, 2.45) is 4.99 Å². The highest BCUT2D eigenvalue weighted by Crippen LogP contribution is 2.50. The molecule has 1 aromatic rings. The summed E-state index contributed by atoms with van der Waals surface area (Å²) >= 11 is 7.53. The molecular formula is C22H23ClN4O2S. The molecule has 8 heteroatoms. The highest BCUT2D eigenvalue weighted by molar-refractivity contribution is 8.04. The lowest BCUT2D eigenvalue weighted by Gasteiger charge is -2.29. The van der Waals surface area contributed by atoms with Crippen LogP contribution in [0.15, 0.2) is 68.1 Å². The maximum absolute atomic E-state index is 13.1. The van der Waals surface area contributed by atoms with Crippen LogP contribution in [0.2, 0.25) is 0 Å². The number of anilines is 1. The van der Waals surface area contributed by atoms with Gasteiger partial charge in [-0.25, -0.2) is 4.99 Å². The number of thioether (sulfide) groups is 1. The summed E-state index contributed by atoms with van der Waals surface area (Å²) in [5.41, 5.74) is 1.12. The molecule has 0 atom stereocenters. The van der Waals surface area contributed by atoms with Crippen molar-refractivity contribution in [1.82, 2.24) is 10.2 Å². The Morgan fingerprint density at radius 1 is 1.33 bits per heavy atom. The van der Waals surface area contributed by atoms with E-state index in [4.69, 9.17) is 11.6 Å². The minimum atomic E-state index is -0.417. The molecule has 3 aliphatic heterocycles. The van der Waals surface area contributed by atoms with E-state index in [1.807, 2.05) is 29.2 Å². The summed E-state index contributed by atoms with van der Waals surface area (Å²) < 4.78 is 0. The van der Waals surface area contributed by atoms with Crippen LogP contribution in [0.3, 0.4) is 0 Å². The predicted molar refractivity (Wildman–Crippen MR) is 122 cm³/mol. The number of fused-ring (bicyclic) bond motifs is 3. The molecule has 1 saturated heterocycles. The Kier molecular flexibility index (Phi) is 6.13. The molecule has 1 aromatic carbocycles. The van der Waals surface area contributed by atoms with Gasteiger partial charge in [-0.2, -0.15) is 0 Å².